The molecule has 4 rings (SSSR count). The molecule has 0 amide bonds. The van der Waals surface area contributed by atoms with Crippen LogP contribution in [0.25, 0.3) is 33.3 Å². The summed E-state index contributed by atoms with van der Waals surface area (Å²) in [4.78, 5) is 4.28. The van der Waals surface area contributed by atoms with Crippen LogP contribution in [-0.2, 0) is 12.5 Å². The summed E-state index contributed by atoms with van der Waals surface area (Å²) >= 11 is 0. The third-order valence-electron chi connectivity index (χ3n) is 4.97. The Morgan fingerprint density at radius 2 is 1.88 bits per heavy atom. The minimum absolute atomic E-state index is 0.0439. The Balaban J connectivity index is 2.01. The van der Waals surface area contributed by atoms with E-state index in [0.29, 0.717) is 11.3 Å². The molecular formula is C23H25N2O+. The Labute approximate surface area is 158 Å². The van der Waals surface area contributed by atoms with Gasteiger partial charge in [0.1, 0.15) is 12.6 Å². The third kappa shape index (κ3) is 2.59. The van der Waals surface area contributed by atoms with Gasteiger partial charge in [-0.2, -0.15) is 0 Å². The molecule has 132 valence electrons. The normalized spacial score (nSPS) is 14.4. The van der Waals surface area contributed by atoms with Crippen LogP contribution < -0.4 is 4.57 Å². The number of fused-ring (bicyclic) bond motifs is 3. The molecule has 0 aliphatic heterocycles. The maximum absolute atomic E-state index is 7.62. The highest BCUT2D eigenvalue weighted by Gasteiger charge is 2.23. The zero-order valence-corrected chi connectivity index (χ0v) is 15.8. The van der Waals surface area contributed by atoms with Crippen molar-refractivity contribution in [1.82, 2.24) is 4.98 Å². The first kappa shape index (κ1) is 13.5. The van der Waals surface area contributed by atoms with Crippen LogP contribution in [0.5, 0.6) is 0 Å². The summed E-state index contributed by atoms with van der Waals surface area (Å²) in [5, 5.41) is 1.79. The van der Waals surface area contributed by atoms with E-state index in [1.165, 1.54) is 5.56 Å². The van der Waals surface area contributed by atoms with Gasteiger partial charge >= 0.3 is 0 Å². The quantitative estimate of drug-likeness (QED) is 0.432. The number of pyridine rings is 2. The monoisotopic (exact) mass is 348 g/mol. The topological polar surface area (TPSA) is 29.9 Å². The second kappa shape index (κ2) is 5.66. The summed E-state index contributed by atoms with van der Waals surface area (Å²) in [5.74, 6) is 0. The van der Waals surface area contributed by atoms with Crippen LogP contribution in [-0.4, -0.2) is 4.98 Å². The maximum atomic E-state index is 7.62. The summed E-state index contributed by atoms with van der Waals surface area (Å²) < 4.78 is 31.0. The van der Waals surface area contributed by atoms with Crippen LogP contribution in [0.4, 0.5) is 0 Å². The van der Waals surface area contributed by atoms with Gasteiger partial charge in [-0.1, -0.05) is 26.8 Å². The summed E-state index contributed by atoms with van der Waals surface area (Å²) in [6.07, 6.45) is 2.17. The minimum atomic E-state index is -2.26. The number of nitrogens with zero attached hydrogens (tertiary/aromatic N) is 2. The van der Waals surface area contributed by atoms with Gasteiger partial charge < -0.3 is 4.42 Å². The van der Waals surface area contributed by atoms with Crippen molar-refractivity contribution in [2.24, 2.45) is 7.05 Å². The van der Waals surface area contributed by atoms with Crippen LogP contribution in [0.15, 0.2) is 47.0 Å². The fourth-order valence-corrected chi connectivity index (χ4v) is 3.49. The molecule has 0 aliphatic carbocycles. The number of hydrogen-bond donors (Lipinski definition) is 0. The lowest BCUT2D eigenvalue weighted by molar-refractivity contribution is -0.660. The van der Waals surface area contributed by atoms with Crippen molar-refractivity contribution in [1.29, 1.82) is 0 Å². The van der Waals surface area contributed by atoms with E-state index in [9.17, 15) is 0 Å². The van der Waals surface area contributed by atoms with Gasteiger partial charge in [-0.05, 0) is 49.0 Å². The van der Waals surface area contributed by atoms with Crippen molar-refractivity contribution in [2.75, 3.05) is 0 Å². The molecule has 0 fully saturated rings. The maximum Gasteiger partial charge on any atom is 0.227 e. The number of hydrogen-bond acceptors (Lipinski definition) is 2. The van der Waals surface area contributed by atoms with E-state index in [2.05, 4.69) is 62.6 Å². The van der Waals surface area contributed by atoms with Gasteiger partial charge in [0, 0.05) is 32.2 Å². The van der Waals surface area contributed by atoms with Crippen LogP contribution >= 0.6 is 0 Å². The van der Waals surface area contributed by atoms with Gasteiger partial charge in [-0.3, -0.25) is 0 Å². The predicted molar refractivity (Wildman–Crippen MR) is 106 cm³/mol. The second-order valence-corrected chi connectivity index (χ2v) is 7.95. The number of benzene rings is 1. The molecule has 4 aromatic rings. The first-order chi connectivity index (χ1) is 13.5. The molecule has 0 radical (unpaired) electrons. The lowest BCUT2D eigenvalue weighted by Crippen LogP contribution is -2.33. The van der Waals surface area contributed by atoms with Crippen LogP contribution in [0, 0.1) is 13.8 Å². The van der Waals surface area contributed by atoms with Gasteiger partial charge in [0.25, 0.3) is 0 Å². The van der Waals surface area contributed by atoms with E-state index in [1.54, 1.807) is 6.07 Å². The molecule has 3 aromatic heterocycles. The van der Waals surface area contributed by atoms with E-state index < -0.39 is 6.85 Å². The van der Waals surface area contributed by atoms with Crippen molar-refractivity contribution in [3.63, 3.8) is 0 Å². The fraction of sp³-hybridized carbons (Fsp3) is 0.304. The molecule has 0 unspecified atom stereocenters. The van der Waals surface area contributed by atoms with Crippen molar-refractivity contribution >= 4 is 22.1 Å². The number of aromatic nitrogens is 2. The lowest BCUT2D eigenvalue weighted by Gasteiger charge is -2.17. The van der Waals surface area contributed by atoms with E-state index in [-0.39, 0.29) is 11.1 Å². The molecule has 0 atom stereocenters. The largest absolute Gasteiger partial charge is 0.438 e. The SMILES string of the molecule is [2H]C([2H])([2H])c1ccc2c(n1)oc1ccc(C)c(-c3ccc(C(C)(C)C)c[n+]3C)c12. The molecule has 0 saturated heterocycles. The molecule has 0 aliphatic rings. The average molecular weight is 348 g/mol. The van der Waals surface area contributed by atoms with Gasteiger partial charge in [0.15, 0.2) is 6.20 Å². The third-order valence-corrected chi connectivity index (χ3v) is 4.97. The minimum Gasteiger partial charge on any atom is -0.438 e. The fourth-order valence-electron chi connectivity index (χ4n) is 3.49. The molecule has 26 heavy (non-hydrogen) atoms. The Morgan fingerprint density at radius 1 is 1.08 bits per heavy atom. The van der Waals surface area contributed by atoms with Crippen molar-refractivity contribution in [3.05, 3.63) is 59.4 Å². The molecule has 3 heteroatoms. The first-order valence-electron chi connectivity index (χ1n) is 10.3. The van der Waals surface area contributed by atoms with Gasteiger partial charge in [0.2, 0.25) is 11.4 Å². The lowest BCUT2D eigenvalue weighted by atomic mass is 9.87. The van der Waals surface area contributed by atoms with Crippen LogP contribution in [0.2, 0.25) is 0 Å². The highest BCUT2D eigenvalue weighted by molar-refractivity contribution is 6.11. The molecule has 3 nitrogen and oxygen atoms in total. The molecule has 0 saturated carbocycles. The van der Waals surface area contributed by atoms with Crippen molar-refractivity contribution < 1.29 is 13.1 Å². The van der Waals surface area contributed by atoms with E-state index in [4.69, 9.17) is 8.53 Å². The Morgan fingerprint density at radius 3 is 2.58 bits per heavy atom. The zero-order valence-electron chi connectivity index (χ0n) is 18.8. The smallest absolute Gasteiger partial charge is 0.227 e. The van der Waals surface area contributed by atoms with E-state index >= 15 is 0 Å². The molecule has 1 aromatic carbocycles. The zero-order chi connectivity index (χ0) is 21.1. The van der Waals surface area contributed by atoms with E-state index in [1.807, 2.05) is 18.2 Å². The van der Waals surface area contributed by atoms with Crippen molar-refractivity contribution in [2.45, 2.75) is 40.0 Å². The standard InChI is InChI=1S/C23H25N2O/c1-14-7-12-19-21(17-10-8-15(2)24-22(17)26-19)20(14)18-11-9-16(13-25(18)6)23(3,4)5/h7-13H,1-6H3/q+1/i2D3. The Kier molecular flexibility index (Phi) is 2.94. The van der Waals surface area contributed by atoms with E-state index in [0.717, 1.165) is 27.6 Å². The predicted octanol–water partition coefficient (Wildman–Crippen LogP) is 5.39. The Bertz CT molecular complexity index is 1250. The highest BCUT2D eigenvalue weighted by atomic mass is 16.3. The molecule has 0 bridgehead atoms. The number of furan rings is 1. The molecule has 0 N–H and O–H groups in total. The van der Waals surface area contributed by atoms with Gasteiger partial charge in [-0.25, -0.2) is 9.55 Å². The second-order valence-electron chi connectivity index (χ2n) is 7.95. The van der Waals surface area contributed by atoms with Crippen LogP contribution in [0.3, 0.4) is 0 Å². The number of aryl methyl sites for hydroxylation is 3. The van der Waals surface area contributed by atoms with Crippen LogP contribution in [0.1, 0.15) is 41.7 Å². The average Bonchev–Trinajstić information content (AvgIpc) is 2.98. The highest BCUT2D eigenvalue weighted by Crippen LogP contribution is 2.37. The van der Waals surface area contributed by atoms with Crippen molar-refractivity contribution in [3.8, 4) is 11.3 Å². The molecule has 3 heterocycles. The summed E-state index contributed by atoms with van der Waals surface area (Å²) in [5.41, 5.74) is 5.70. The summed E-state index contributed by atoms with van der Waals surface area (Å²) in [6, 6.07) is 11.6. The Hall–Kier alpha value is -2.68. The summed E-state index contributed by atoms with van der Waals surface area (Å²) in [6.45, 7) is 6.42. The molecule has 0 spiro atoms. The first-order valence-corrected chi connectivity index (χ1v) is 8.81. The van der Waals surface area contributed by atoms with Gasteiger partial charge in [-0.15, -0.1) is 0 Å². The number of rotatable bonds is 1. The van der Waals surface area contributed by atoms with Gasteiger partial charge in [0.05, 0.1) is 5.56 Å². The molecular weight excluding hydrogens is 320 g/mol. The summed E-state index contributed by atoms with van der Waals surface area (Å²) in [7, 11) is 2.05.